The van der Waals surface area contributed by atoms with E-state index in [2.05, 4.69) is 11.4 Å². The smallest absolute Gasteiger partial charge is 0.252 e. The summed E-state index contributed by atoms with van der Waals surface area (Å²) in [6, 6.07) is 15.5. The highest BCUT2D eigenvalue weighted by Crippen LogP contribution is 2.36. The van der Waals surface area contributed by atoms with E-state index < -0.39 is 9.84 Å². The molecule has 0 spiro atoms. The number of carbonyl (C=O) groups is 1. The molecule has 1 N–H and O–H groups in total. The van der Waals surface area contributed by atoms with Gasteiger partial charge in [-0.3, -0.25) is 4.79 Å². The minimum Gasteiger partial charge on any atom is -0.497 e. The fourth-order valence-electron chi connectivity index (χ4n) is 4.19. The van der Waals surface area contributed by atoms with Gasteiger partial charge in [0, 0.05) is 17.7 Å². The molecule has 172 valence electrons. The molecule has 0 bridgehead atoms. The van der Waals surface area contributed by atoms with E-state index in [1.54, 1.807) is 14.0 Å². The van der Waals surface area contributed by atoms with Crippen LogP contribution < -0.4 is 10.1 Å². The first-order valence-electron chi connectivity index (χ1n) is 11.2. The number of amides is 1. The molecule has 1 heterocycles. The molecule has 33 heavy (non-hydrogen) atoms. The van der Waals surface area contributed by atoms with Crippen molar-refractivity contribution >= 4 is 38.3 Å². The number of pyridine rings is 1. The molecule has 1 aromatic heterocycles. The number of methoxy groups -OCH3 is 1. The molecule has 1 amide bonds. The maximum Gasteiger partial charge on any atom is 0.252 e. The molecule has 0 atom stereocenters. The van der Waals surface area contributed by atoms with Crippen LogP contribution in [0.2, 0.25) is 0 Å². The molecule has 0 saturated carbocycles. The molecule has 6 nitrogen and oxygen atoms in total. The number of aromatic nitrogens is 1. The molecule has 0 aliphatic heterocycles. The van der Waals surface area contributed by atoms with Gasteiger partial charge in [0.25, 0.3) is 5.91 Å². The van der Waals surface area contributed by atoms with Gasteiger partial charge in [0.15, 0.2) is 9.84 Å². The Labute approximate surface area is 194 Å². The summed E-state index contributed by atoms with van der Waals surface area (Å²) < 4.78 is 28.9. The third kappa shape index (κ3) is 5.09. The molecular formula is C26H28N2O4S. The molecule has 1 aliphatic rings. The minimum absolute atomic E-state index is 0.0654. The number of hydrogen-bond acceptors (Lipinski definition) is 5. The van der Waals surface area contributed by atoms with E-state index in [0.29, 0.717) is 5.56 Å². The molecule has 2 aromatic carbocycles. The number of nitrogens with one attached hydrogen (secondary N) is 1. The van der Waals surface area contributed by atoms with Crippen LogP contribution in [0.15, 0.2) is 48.5 Å². The van der Waals surface area contributed by atoms with Crippen molar-refractivity contribution in [1.82, 2.24) is 10.3 Å². The van der Waals surface area contributed by atoms with Crippen molar-refractivity contribution < 1.29 is 17.9 Å². The highest BCUT2D eigenvalue weighted by Gasteiger charge is 2.25. The van der Waals surface area contributed by atoms with Crippen LogP contribution in [0.3, 0.4) is 0 Å². The Morgan fingerprint density at radius 3 is 2.61 bits per heavy atom. The van der Waals surface area contributed by atoms with Crippen molar-refractivity contribution in [3.63, 3.8) is 0 Å². The van der Waals surface area contributed by atoms with E-state index in [0.717, 1.165) is 58.3 Å². The van der Waals surface area contributed by atoms with Gasteiger partial charge in [0.1, 0.15) is 5.75 Å². The number of nitrogens with zero attached hydrogens (tertiary/aromatic N) is 1. The summed E-state index contributed by atoms with van der Waals surface area (Å²) >= 11 is 0. The molecule has 7 heteroatoms. The van der Waals surface area contributed by atoms with Crippen molar-refractivity contribution in [1.29, 1.82) is 0 Å². The van der Waals surface area contributed by atoms with Crippen molar-refractivity contribution in [2.75, 3.05) is 25.2 Å². The third-order valence-corrected chi connectivity index (χ3v) is 7.70. The Balaban J connectivity index is 1.75. The van der Waals surface area contributed by atoms with E-state index in [4.69, 9.17) is 9.72 Å². The van der Waals surface area contributed by atoms with E-state index in [-0.39, 0.29) is 24.0 Å². The second-order valence-corrected chi connectivity index (χ2v) is 10.6. The monoisotopic (exact) mass is 464 g/mol. The maximum atomic E-state index is 13.3. The Kier molecular flexibility index (Phi) is 6.79. The summed E-state index contributed by atoms with van der Waals surface area (Å²) in [5, 5.41) is 3.62. The zero-order valence-electron chi connectivity index (χ0n) is 18.9. The number of sulfone groups is 1. The van der Waals surface area contributed by atoms with Crippen molar-refractivity contribution in [3.05, 3.63) is 70.9 Å². The lowest BCUT2D eigenvalue weighted by molar-refractivity contribution is 0.0956. The highest BCUT2D eigenvalue weighted by molar-refractivity contribution is 7.91. The normalized spacial score (nSPS) is 14.8. The van der Waals surface area contributed by atoms with Gasteiger partial charge < -0.3 is 10.1 Å². The van der Waals surface area contributed by atoms with E-state index in [1.165, 1.54) is 0 Å². The predicted octanol–water partition coefficient (Wildman–Crippen LogP) is 4.28. The van der Waals surface area contributed by atoms with Crippen LogP contribution in [0, 0.1) is 0 Å². The topological polar surface area (TPSA) is 85.4 Å². The number of hydrogen-bond donors (Lipinski definition) is 1. The molecule has 4 rings (SSSR count). The average molecular weight is 465 g/mol. The molecular weight excluding hydrogens is 436 g/mol. The fourth-order valence-corrected chi connectivity index (χ4v) is 4.89. The van der Waals surface area contributed by atoms with E-state index >= 15 is 0 Å². The molecule has 1 aliphatic carbocycles. The fraction of sp³-hybridized carbons (Fsp3) is 0.308. The first-order chi connectivity index (χ1) is 15.9. The standard InChI is InChI=1S/C26H28N2O4S/c1-3-33(30,31)16-15-27-26(29)24-21-8-4-5-10-23(21)28-25-19(7-6-9-22(24)25)17-18-11-13-20(32-2)14-12-18/h4-5,8,10-14,17H,3,6-7,9,15-16H2,1-2H3,(H,27,29)/b19-17-. The number of rotatable bonds is 7. The van der Waals surface area contributed by atoms with Gasteiger partial charge in [-0.2, -0.15) is 0 Å². The minimum atomic E-state index is -3.15. The summed E-state index contributed by atoms with van der Waals surface area (Å²) in [7, 11) is -1.51. The number of ether oxygens (including phenoxy) is 1. The Morgan fingerprint density at radius 2 is 1.88 bits per heavy atom. The lowest BCUT2D eigenvalue weighted by Gasteiger charge is -2.23. The van der Waals surface area contributed by atoms with Crippen LogP contribution in [0.1, 0.15) is 46.9 Å². The summed E-state index contributed by atoms with van der Waals surface area (Å²) in [6.45, 7) is 1.70. The molecule has 0 radical (unpaired) electrons. The summed E-state index contributed by atoms with van der Waals surface area (Å²) in [5.74, 6) is 0.551. The van der Waals surface area contributed by atoms with E-state index in [1.807, 2.05) is 48.5 Å². The number of para-hydroxylation sites is 1. The number of fused-ring (bicyclic) bond motifs is 2. The van der Waals surface area contributed by atoms with Crippen LogP contribution in [-0.4, -0.2) is 44.5 Å². The van der Waals surface area contributed by atoms with Gasteiger partial charge >= 0.3 is 0 Å². The Hall–Kier alpha value is -3.19. The van der Waals surface area contributed by atoms with Crippen molar-refractivity contribution in [3.8, 4) is 5.75 Å². The van der Waals surface area contributed by atoms with Crippen LogP contribution >= 0.6 is 0 Å². The lowest BCUT2D eigenvalue weighted by Crippen LogP contribution is -2.31. The second-order valence-electron chi connectivity index (χ2n) is 8.12. The second kappa shape index (κ2) is 9.75. The summed E-state index contributed by atoms with van der Waals surface area (Å²) in [4.78, 5) is 18.2. The summed E-state index contributed by atoms with van der Waals surface area (Å²) in [6.07, 6.45) is 4.66. The largest absolute Gasteiger partial charge is 0.497 e. The zero-order valence-corrected chi connectivity index (χ0v) is 19.7. The maximum absolute atomic E-state index is 13.3. The van der Waals surface area contributed by atoms with Gasteiger partial charge in [-0.05, 0) is 60.2 Å². The molecule has 0 saturated heterocycles. The quantitative estimate of drug-likeness (QED) is 0.564. The third-order valence-electron chi connectivity index (χ3n) is 5.99. The average Bonchev–Trinajstić information content (AvgIpc) is 2.83. The van der Waals surface area contributed by atoms with Crippen molar-refractivity contribution in [2.45, 2.75) is 26.2 Å². The van der Waals surface area contributed by atoms with E-state index in [9.17, 15) is 13.2 Å². The SMILES string of the molecule is CCS(=O)(=O)CCNC(=O)c1c2c(nc3ccccc13)/C(=C\c1ccc(OC)cc1)CCC2. The van der Waals surface area contributed by atoms with Gasteiger partial charge in [-0.25, -0.2) is 13.4 Å². The summed E-state index contributed by atoms with van der Waals surface area (Å²) in [5.41, 5.74) is 5.27. The first kappa shape index (κ1) is 23.0. The number of carbonyl (C=O) groups excluding carboxylic acids is 1. The Morgan fingerprint density at radius 1 is 1.12 bits per heavy atom. The lowest BCUT2D eigenvalue weighted by atomic mass is 9.85. The van der Waals surface area contributed by atoms with Crippen LogP contribution in [0.4, 0.5) is 0 Å². The first-order valence-corrected chi connectivity index (χ1v) is 13.0. The highest BCUT2D eigenvalue weighted by atomic mass is 32.2. The predicted molar refractivity (Wildman–Crippen MR) is 132 cm³/mol. The van der Waals surface area contributed by atoms with Crippen LogP contribution in [0.5, 0.6) is 5.75 Å². The molecule has 0 unspecified atom stereocenters. The van der Waals surface area contributed by atoms with Crippen LogP contribution in [0.25, 0.3) is 22.6 Å². The number of allylic oxidation sites excluding steroid dienone is 1. The molecule has 0 fully saturated rings. The molecule has 3 aromatic rings. The van der Waals surface area contributed by atoms with Crippen molar-refractivity contribution in [2.24, 2.45) is 0 Å². The van der Waals surface area contributed by atoms with Crippen LogP contribution in [-0.2, 0) is 16.3 Å². The Bertz CT molecular complexity index is 1310. The van der Waals surface area contributed by atoms with Gasteiger partial charge in [0.05, 0.1) is 29.6 Å². The number of benzene rings is 2. The zero-order chi connectivity index (χ0) is 23.4. The van der Waals surface area contributed by atoms with Gasteiger partial charge in [0.2, 0.25) is 0 Å². The van der Waals surface area contributed by atoms with Gasteiger partial charge in [-0.1, -0.05) is 37.3 Å². The van der Waals surface area contributed by atoms with Gasteiger partial charge in [-0.15, -0.1) is 0 Å².